The molecule has 56 heavy (non-hydrogen) atoms. The van der Waals surface area contributed by atoms with Gasteiger partial charge in [0.25, 0.3) is 0 Å². The summed E-state index contributed by atoms with van der Waals surface area (Å²) < 4.78 is 29.5. The average Bonchev–Trinajstić information content (AvgIpc) is 3.24. The van der Waals surface area contributed by atoms with Crippen molar-refractivity contribution in [3.05, 3.63) is 192 Å². The van der Waals surface area contributed by atoms with E-state index in [1.807, 2.05) is 0 Å². The molecule has 0 unspecified atom stereocenters. The summed E-state index contributed by atoms with van der Waals surface area (Å²) in [4.78, 5) is 66.6. The molecule has 0 amide bonds. The largest absolute Gasteiger partial charge is 0.458 e. The molecular formula is C46H42O10. The minimum atomic E-state index is -1.12. The highest BCUT2D eigenvalue weighted by Crippen LogP contribution is 2.24. The van der Waals surface area contributed by atoms with Gasteiger partial charge in [-0.25, -0.2) is 24.0 Å². The molecule has 0 aromatic heterocycles. The molecule has 0 N–H and O–H groups in total. The van der Waals surface area contributed by atoms with Crippen LogP contribution in [0.25, 0.3) is 0 Å². The molecule has 0 aliphatic rings. The van der Waals surface area contributed by atoms with Gasteiger partial charge >= 0.3 is 29.8 Å². The Kier molecular flexibility index (Phi) is 15.3. The predicted molar refractivity (Wildman–Crippen MR) is 208 cm³/mol. The molecule has 0 spiro atoms. The molecule has 0 heterocycles. The minimum Gasteiger partial charge on any atom is -0.458 e. The van der Waals surface area contributed by atoms with Crippen LogP contribution in [0.2, 0.25) is 0 Å². The van der Waals surface area contributed by atoms with Crippen molar-refractivity contribution in [3.63, 3.8) is 0 Å². The number of hydrogen-bond donors (Lipinski definition) is 0. The first kappa shape index (κ1) is 40.4. The number of rotatable bonds is 19. The lowest BCUT2D eigenvalue weighted by Gasteiger charge is -2.29. The number of benzene rings is 5. The topological polar surface area (TPSA) is 132 Å². The minimum absolute atomic E-state index is 0.0000173. The fourth-order valence-electron chi connectivity index (χ4n) is 5.79. The van der Waals surface area contributed by atoms with E-state index in [4.69, 9.17) is 23.7 Å². The Balaban J connectivity index is 1.45. The first-order valence-electron chi connectivity index (χ1n) is 18.2. The highest BCUT2D eigenvalue weighted by atomic mass is 16.6. The molecule has 4 atom stereocenters. The molecule has 0 bridgehead atoms. The summed E-state index contributed by atoms with van der Waals surface area (Å²) in [6.45, 7) is 3.44. The van der Waals surface area contributed by atoms with Crippen molar-refractivity contribution in [2.75, 3.05) is 6.61 Å². The maximum atomic E-state index is 13.6. The zero-order valence-electron chi connectivity index (χ0n) is 30.6. The zero-order valence-corrected chi connectivity index (χ0v) is 30.6. The van der Waals surface area contributed by atoms with Gasteiger partial charge in [0.15, 0.2) is 0 Å². The maximum absolute atomic E-state index is 13.6. The van der Waals surface area contributed by atoms with Gasteiger partial charge in [-0.15, -0.1) is 6.58 Å². The average molecular weight is 755 g/mol. The van der Waals surface area contributed by atoms with Crippen LogP contribution < -0.4 is 0 Å². The van der Waals surface area contributed by atoms with Crippen LogP contribution in [0.4, 0.5) is 0 Å². The van der Waals surface area contributed by atoms with Crippen LogP contribution in [0.3, 0.4) is 0 Å². The second-order valence-corrected chi connectivity index (χ2v) is 12.8. The van der Waals surface area contributed by atoms with Gasteiger partial charge in [0, 0.05) is 25.7 Å². The van der Waals surface area contributed by atoms with Gasteiger partial charge in [-0.05, 0) is 60.7 Å². The van der Waals surface area contributed by atoms with Gasteiger partial charge in [-0.2, -0.15) is 0 Å². The van der Waals surface area contributed by atoms with Crippen LogP contribution in [0.5, 0.6) is 0 Å². The molecule has 10 nitrogen and oxygen atoms in total. The first-order valence-corrected chi connectivity index (χ1v) is 18.2. The fraction of sp³-hybridized carbons (Fsp3) is 0.196. The number of esters is 5. The van der Waals surface area contributed by atoms with E-state index < -0.39 is 54.3 Å². The maximum Gasteiger partial charge on any atom is 0.338 e. The monoisotopic (exact) mass is 754 g/mol. The van der Waals surface area contributed by atoms with Gasteiger partial charge in [0.05, 0.1) is 27.8 Å². The second kappa shape index (κ2) is 21.2. The molecule has 0 saturated carbocycles. The van der Waals surface area contributed by atoms with Crippen LogP contribution >= 0.6 is 0 Å². The van der Waals surface area contributed by atoms with E-state index in [9.17, 15) is 24.0 Å². The molecule has 5 aromatic carbocycles. The van der Waals surface area contributed by atoms with E-state index in [1.165, 1.54) is 0 Å². The summed E-state index contributed by atoms with van der Waals surface area (Å²) in [6, 6.07) is 41.7. The van der Waals surface area contributed by atoms with Crippen LogP contribution in [0, 0.1) is 0 Å². The Hall–Kier alpha value is -6.81. The van der Waals surface area contributed by atoms with E-state index in [-0.39, 0.29) is 49.0 Å². The normalized spacial score (nSPS) is 12.8. The molecule has 0 radical (unpaired) electrons. The number of hydrogen-bond acceptors (Lipinski definition) is 10. The standard InChI is InChI=1S/C46H42O10/c1-2-18-38(53-43(48)34-21-10-4-11-22-34)29-39(54-44(49)35-23-12-5-13-24-35)30-40(55-45(50)36-25-14-6-15-26-36)31-41(56-46(51)37-27-16-7-17-28-37)32-52-42(47)33-19-8-3-9-20-33/h2-17,19-28,38-41H,1,18,29-32H2/t38-,39-,40-,41-/m0/s1. The van der Waals surface area contributed by atoms with Gasteiger partial charge in [-0.3, -0.25) is 0 Å². The highest BCUT2D eigenvalue weighted by Gasteiger charge is 2.32. The predicted octanol–water partition coefficient (Wildman–Crippen LogP) is 8.49. The molecule has 0 saturated heterocycles. The van der Waals surface area contributed by atoms with Crippen LogP contribution in [0.1, 0.15) is 77.5 Å². The Morgan fingerprint density at radius 3 is 1.00 bits per heavy atom. The van der Waals surface area contributed by atoms with Crippen molar-refractivity contribution in [1.29, 1.82) is 0 Å². The lowest BCUT2D eigenvalue weighted by Crippen LogP contribution is -2.36. The molecule has 0 fully saturated rings. The van der Waals surface area contributed by atoms with Crippen molar-refractivity contribution < 1.29 is 47.7 Å². The third kappa shape index (κ3) is 12.7. The van der Waals surface area contributed by atoms with Crippen molar-refractivity contribution in [2.45, 2.75) is 50.1 Å². The summed E-state index contributed by atoms with van der Waals surface area (Å²) in [5.41, 5.74) is 1.41. The van der Waals surface area contributed by atoms with E-state index in [1.54, 1.807) is 158 Å². The number of ether oxygens (including phenoxy) is 5. The quantitative estimate of drug-likeness (QED) is 0.0459. The molecule has 10 heteroatoms. The van der Waals surface area contributed by atoms with Gasteiger partial charge in [0.1, 0.15) is 31.0 Å². The summed E-state index contributed by atoms with van der Waals surface area (Å²) in [5, 5.41) is 0. The zero-order chi connectivity index (χ0) is 39.5. The second-order valence-electron chi connectivity index (χ2n) is 12.8. The molecular weight excluding hydrogens is 712 g/mol. The van der Waals surface area contributed by atoms with Crippen molar-refractivity contribution in [1.82, 2.24) is 0 Å². The Morgan fingerprint density at radius 2 is 0.661 bits per heavy atom. The molecule has 286 valence electrons. The van der Waals surface area contributed by atoms with Crippen molar-refractivity contribution in [2.24, 2.45) is 0 Å². The molecule has 0 aliphatic heterocycles. The van der Waals surface area contributed by atoms with Crippen LogP contribution in [-0.2, 0) is 23.7 Å². The molecule has 0 aliphatic carbocycles. The molecule has 5 aromatic rings. The van der Waals surface area contributed by atoms with E-state index in [0.29, 0.717) is 11.1 Å². The van der Waals surface area contributed by atoms with Gasteiger partial charge in [0.2, 0.25) is 0 Å². The van der Waals surface area contributed by atoms with E-state index >= 15 is 0 Å². The van der Waals surface area contributed by atoms with Gasteiger partial charge in [-0.1, -0.05) is 97.1 Å². The van der Waals surface area contributed by atoms with Crippen LogP contribution in [0.15, 0.2) is 164 Å². The number of carbonyl (C=O) groups excluding carboxylic acids is 5. The van der Waals surface area contributed by atoms with E-state index in [2.05, 4.69) is 6.58 Å². The Bertz CT molecular complexity index is 2020. The first-order chi connectivity index (χ1) is 27.3. The summed E-state index contributed by atoms with van der Waals surface area (Å²) >= 11 is 0. The molecule has 5 rings (SSSR count). The SMILES string of the molecule is C=CC[C@@H](C[C@@H](C[C@@H](C[C@@H](COC(=O)c1ccccc1)OC(=O)c1ccccc1)OC(=O)c1ccccc1)OC(=O)c1ccccc1)OC(=O)c1ccccc1. The summed E-state index contributed by atoms with van der Waals surface area (Å²) in [5.74, 6) is -3.25. The lowest BCUT2D eigenvalue weighted by molar-refractivity contribution is -0.0403. The van der Waals surface area contributed by atoms with Crippen LogP contribution in [-0.4, -0.2) is 60.9 Å². The lowest BCUT2D eigenvalue weighted by atomic mass is 9.99. The summed E-state index contributed by atoms with van der Waals surface area (Å²) in [7, 11) is 0. The fourth-order valence-corrected chi connectivity index (χ4v) is 5.79. The summed E-state index contributed by atoms with van der Waals surface area (Å²) in [6.07, 6.45) is -2.44. The number of carbonyl (C=O) groups is 5. The highest BCUT2D eigenvalue weighted by molar-refractivity contribution is 5.91. The van der Waals surface area contributed by atoms with E-state index in [0.717, 1.165) is 0 Å². The van der Waals surface area contributed by atoms with Crippen molar-refractivity contribution in [3.8, 4) is 0 Å². The van der Waals surface area contributed by atoms with Gasteiger partial charge < -0.3 is 23.7 Å². The third-order valence-electron chi connectivity index (χ3n) is 8.55. The Morgan fingerprint density at radius 1 is 0.393 bits per heavy atom. The van der Waals surface area contributed by atoms with Crippen molar-refractivity contribution >= 4 is 29.8 Å². The Labute approximate surface area is 325 Å². The third-order valence-corrected chi connectivity index (χ3v) is 8.55. The smallest absolute Gasteiger partial charge is 0.338 e.